The summed E-state index contributed by atoms with van der Waals surface area (Å²) in [5, 5.41) is 6.68. The lowest BCUT2D eigenvalue weighted by Crippen LogP contribution is -2.28. The van der Waals surface area contributed by atoms with E-state index in [2.05, 4.69) is 29.5 Å². The number of aryl methyl sites for hydroxylation is 1. The van der Waals surface area contributed by atoms with Gasteiger partial charge in [-0.05, 0) is 13.0 Å². The molecule has 0 saturated carbocycles. The highest BCUT2D eigenvalue weighted by atomic mass is 16.5. The normalized spacial score (nSPS) is 10.6. The average Bonchev–Trinajstić information content (AvgIpc) is 2.24. The van der Waals surface area contributed by atoms with Gasteiger partial charge in [0, 0.05) is 24.8 Å². The van der Waals surface area contributed by atoms with E-state index in [4.69, 9.17) is 4.74 Å². The first-order valence-electron chi connectivity index (χ1n) is 5.61. The number of hydrogen-bond acceptors (Lipinski definition) is 4. The number of hydrogen-bond donors (Lipinski definition) is 2. The van der Waals surface area contributed by atoms with Gasteiger partial charge in [0.25, 0.3) is 0 Å². The molecule has 0 atom stereocenters. The van der Waals surface area contributed by atoms with E-state index in [-0.39, 0.29) is 0 Å². The van der Waals surface area contributed by atoms with E-state index < -0.39 is 0 Å². The predicted octanol–water partition coefficient (Wildman–Crippen LogP) is 1.81. The topological polar surface area (TPSA) is 46.2 Å². The van der Waals surface area contributed by atoms with Gasteiger partial charge in [-0.1, -0.05) is 13.8 Å². The van der Waals surface area contributed by atoms with Gasteiger partial charge in [-0.15, -0.1) is 0 Å². The molecule has 0 spiro atoms. The second-order valence-corrected chi connectivity index (χ2v) is 4.06. The van der Waals surface area contributed by atoms with Crippen LogP contribution in [-0.4, -0.2) is 31.2 Å². The van der Waals surface area contributed by atoms with Crippen molar-refractivity contribution in [3.05, 3.63) is 18.0 Å². The van der Waals surface area contributed by atoms with E-state index in [1.165, 1.54) is 0 Å². The molecule has 0 aliphatic rings. The summed E-state index contributed by atoms with van der Waals surface area (Å²) >= 11 is 0. The smallest absolute Gasteiger partial charge is 0.160 e. The average molecular weight is 223 g/mol. The summed E-state index contributed by atoms with van der Waals surface area (Å²) in [5.74, 6) is 0.787. The summed E-state index contributed by atoms with van der Waals surface area (Å²) in [6.07, 6.45) is 1.74. The third-order valence-electron chi connectivity index (χ3n) is 2.22. The molecule has 90 valence electrons. The second kappa shape index (κ2) is 6.33. The van der Waals surface area contributed by atoms with Crippen LogP contribution in [0.25, 0.3) is 0 Å². The molecule has 1 heterocycles. The van der Waals surface area contributed by atoms with Gasteiger partial charge in [-0.3, -0.25) is 4.98 Å². The van der Waals surface area contributed by atoms with E-state index in [0.29, 0.717) is 6.04 Å². The summed E-state index contributed by atoms with van der Waals surface area (Å²) in [6, 6.07) is 2.51. The zero-order chi connectivity index (χ0) is 12.0. The van der Waals surface area contributed by atoms with Crippen LogP contribution < -0.4 is 15.4 Å². The summed E-state index contributed by atoms with van der Waals surface area (Å²) in [6.45, 7) is 8.05. The van der Waals surface area contributed by atoms with Gasteiger partial charge in [0.15, 0.2) is 5.75 Å². The van der Waals surface area contributed by atoms with Crippen LogP contribution in [-0.2, 0) is 0 Å². The Kier molecular flexibility index (Phi) is 5.05. The highest BCUT2D eigenvalue weighted by Crippen LogP contribution is 2.22. The molecule has 1 aromatic heterocycles. The van der Waals surface area contributed by atoms with Gasteiger partial charge < -0.3 is 15.4 Å². The highest BCUT2D eigenvalue weighted by Gasteiger charge is 2.02. The van der Waals surface area contributed by atoms with Crippen molar-refractivity contribution >= 4 is 5.69 Å². The van der Waals surface area contributed by atoms with Crippen molar-refractivity contribution in [2.24, 2.45) is 0 Å². The minimum absolute atomic E-state index is 0.517. The Morgan fingerprint density at radius 3 is 2.75 bits per heavy atom. The Labute approximate surface area is 97.4 Å². The van der Waals surface area contributed by atoms with Gasteiger partial charge in [0.2, 0.25) is 0 Å². The first-order chi connectivity index (χ1) is 7.63. The van der Waals surface area contributed by atoms with Gasteiger partial charge in [-0.2, -0.15) is 0 Å². The maximum Gasteiger partial charge on any atom is 0.160 e. The molecule has 0 radical (unpaired) electrons. The van der Waals surface area contributed by atoms with Crippen LogP contribution in [0.5, 0.6) is 5.75 Å². The molecule has 4 heteroatoms. The highest BCUT2D eigenvalue weighted by molar-refractivity contribution is 5.55. The lowest BCUT2D eigenvalue weighted by Gasteiger charge is -2.13. The van der Waals surface area contributed by atoms with Crippen molar-refractivity contribution in [1.29, 1.82) is 0 Å². The minimum Gasteiger partial charge on any atom is -0.493 e. The Hall–Kier alpha value is -1.29. The third kappa shape index (κ3) is 4.06. The van der Waals surface area contributed by atoms with Gasteiger partial charge in [0.1, 0.15) is 0 Å². The molecule has 0 unspecified atom stereocenters. The zero-order valence-corrected chi connectivity index (χ0v) is 10.5. The molecule has 0 amide bonds. The van der Waals surface area contributed by atoms with Gasteiger partial charge >= 0.3 is 0 Å². The lowest BCUT2D eigenvalue weighted by atomic mass is 10.3. The number of anilines is 1. The van der Waals surface area contributed by atoms with E-state index in [9.17, 15) is 0 Å². The molecule has 2 N–H and O–H groups in total. The van der Waals surface area contributed by atoms with Crippen molar-refractivity contribution in [3.63, 3.8) is 0 Å². The SMILES string of the molecule is COc1cnc(C)cc1NCCNC(C)C. The van der Waals surface area contributed by atoms with E-state index in [0.717, 1.165) is 30.2 Å². The molecule has 1 aromatic rings. The number of ether oxygens (including phenoxy) is 1. The lowest BCUT2D eigenvalue weighted by molar-refractivity contribution is 0.414. The molecule has 0 aliphatic carbocycles. The van der Waals surface area contributed by atoms with Crippen LogP contribution in [0.4, 0.5) is 5.69 Å². The maximum atomic E-state index is 5.23. The molecule has 4 nitrogen and oxygen atoms in total. The quantitative estimate of drug-likeness (QED) is 0.722. The fourth-order valence-electron chi connectivity index (χ4n) is 1.41. The van der Waals surface area contributed by atoms with Gasteiger partial charge in [0.05, 0.1) is 19.0 Å². The van der Waals surface area contributed by atoms with Crippen LogP contribution in [0.1, 0.15) is 19.5 Å². The fraction of sp³-hybridized carbons (Fsp3) is 0.583. The first-order valence-corrected chi connectivity index (χ1v) is 5.61. The molecule has 0 bridgehead atoms. The molecular weight excluding hydrogens is 202 g/mol. The first kappa shape index (κ1) is 12.8. The summed E-state index contributed by atoms with van der Waals surface area (Å²) in [7, 11) is 1.66. The fourth-order valence-corrected chi connectivity index (χ4v) is 1.41. The van der Waals surface area contributed by atoms with Crippen molar-refractivity contribution in [2.75, 3.05) is 25.5 Å². The van der Waals surface area contributed by atoms with Crippen LogP contribution in [0.3, 0.4) is 0 Å². The summed E-state index contributed by atoms with van der Waals surface area (Å²) in [5.41, 5.74) is 1.99. The zero-order valence-electron chi connectivity index (χ0n) is 10.5. The molecule has 0 aliphatic heterocycles. The Morgan fingerprint density at radius 1 is 1.38 bits per heavy atom. The molecule has 0 aromatic carbocycles. The van der Waals surface area contributed by atoms with E-state index >= 15 is 0 Å². The number of pyridine rings is 1. The van der Waals surface area contributed by atoms with Crippen LogP contribution in [0, 0.1) is 6.92 Å². The van der Waals surface area contributed by atoms with Crippen LogP contribution >= 0.6 is 0 Å². The van der Waals surface area contributed by atoms with Crippen molar-refractivity contribution < 1.29 is 4.74 Å². The Bertz CT molecular complexity index is 326. The monoisotopic (exact) mass is 223 g/mol. The van der Waals surface area contributed by atoms with Crippen LogP contribution in [0.15, 0.2) is 12.3 Å². The molecule has 0 saturated heterocycles. The minimum atomic E-state index is 0.517. The standard InChI is InChI=1S/C12H21N3O/c1-9(2)13-5-6-14-11-7-10(3)15-8-12(11)16-4/h7-9,13H,5-6H2,1-4H3,(H,14,15). The second-order valence-electron chi connectivity index (χ2n) is 4.06. The van der Waals surface area contributed by atoms with Gasteiger partial charge in [-0.25, -0.2) is 0 Å². The van der Waals surface area contributed by atoms with Crippen LogP contribution in [0.2, 0.25) is 0 Å². The molecule has 16 heavy (non-hydrogen) atoms. The Morgan fingerprint density at radius 2 is 2.12 bits per heavy atom. The third-order valence-corrected chi connectivity index (χ3v) is 2.22. The van der Waals surface area contributed by atoms with E-state index in [1.807, 2.05) is 13.0 Å². The predicted molar refractivity (Wildman–Crippen MR) is 67.2 cm³/mol. The van der Waals surface area contributed by atoms with Crippen molar-refractivity contribution in [1.82, 2.24) is 10.3 Å². The number of nitrogens with one attached hydrogen (secondary N) is 2. The summed E-state index contributed by atoms with van der Waals surface area (Å²) in [4.78, 5) is 4.19. The number of rotatable bonds is 6. The molecule has 0 fully saturated rings. The van der Waals surface area contributed by atoms with Crippen molar-refractivity contribution in [3.8, 4) is 5.75 Å². The molecular formula is C12H21N3O. The molecule has 1 rings (SSSR count). The van der Waals surface area contributed by atoms with E-state index in [1.54, 1.807) is 13.3 Å². The number of methoxy groups -OCH3 is 1. The number of nitrogens with zero attached hydrogens (tertiary/aromatic N) is 1. The largest absolute Gasteiger partial charge is 0.493 e. The Balaban J connectivity index is 2.48. The van der Waals surface area contributed by atoms with Crippen molar-refractivity contribution in [2.45, 2.75) is 26.8 Å². The number of aromatic nitrogens is 1. The maximum absolute atomic E-state index is 5.23. The summed E-state index contributed by atoms with van der Waals surface area (Å²) < 4.78 is 5.23.